The van der Waals surface area contributed by atoms with Gasteiger partial charge in [-0.1, -0.05) is 6.92 Å². The Hall–Kier alpha value is -1.16. The highest BCUT2D eigenvalue weighted by atomic mass is 16.5. The maximum atomic E-state index is 11.8. The summed E-state index contributed by atoms with van der Waals surface area (Å²) in [4.78, 5) is 11.8. The molecule has 90 valence electrons. The van der Waals surface area contributed by atoms with Crippen LogP contribution in [0, 0.1) is 0 Å². The second-order valence-electron chi connectivity index (χ2n) is 3.66. The van der Waals surface area contributed by atoms with Crippen molar-refractivity contribution in [3.8, 4) is 0 Å². The van der Waals surface area contributed by atoms with Gasteiger partial charge >= 0.3 is 0 Å². The Morgan fingerprint density at radius 1 is 1.50 bits per heavy atom. The van der Waals surface area contributed by atoms with Crippen molar-refractivity contribution in [2.45, 2.75) is 39.7 Å². The van der Waals surface area contributed by atoms with Gasteiger partial charge in [0.25, 0.3) is 0 Å². The summed E-state index contributed by atoms with van der Waals surface area (Å²) < 4.78 is 6.99. The van der Waals surface area contributed by atoms with Gasteiger partial charge in [0, 0.05) is 32.4 Å². The van der Waals surface area contributed by atoms with Crippen molar-refractivity contribution >= 4 is 5.78 Å². The van der Waals surface area contributed by atoms with Gasteiger partial charge in [0.2, 0.25) is 0 Å². The molecule has 1 aromatic heterocycles. The monoisotopic (exact) mass is 224 g/mol. The van der Waals surface area contributed by atoms with Crippen LogP contribution in [0.3, 0.4) is 0 Å². The lowest BCUT2D eigenvalue weighted by Crippen LogP contribution is -2.11. The SMILES string of the molecule is CCCn1nccc1C(=O)CCCOCC. The Kier molecular flexibility index (Phi) is 5.78. The second kappa shape index (κ2) is 7.17. The molecule has 0 aliphatic heterocycles. The molecule has 1 heterocycles. The van der Waals surface area contributed by atoms with E-state index in [-0.39, 0.29) is 5.78 Å². The van der Waals surface area contributed by atoms with Crippen molar-refractivity contribution in [3.63, 3.8) is 0 Å². The number of rotatable bonds is 8. The summed E-state index contributed by atoms with van der Waals surface area (Å²) in [5, 5.41) is 4.14. The molecule has 0 fully saturated rings. The van der Waals surface area contributed by atoms with Crippen LogP contribution < -0.4 is 0 Å². The number of aryl methyl sites for hydroxylation is 1. The Morgan fingerprint density at radius 3 is 3.00 bits per heavy atom. The van der Waals surface area contributed by atoms with Crippen LogP contribution in [0.25, 0.3) is 0 Å². The van der Waals surface area contributed by atoms with Gasteiger partial charge < -0.3 is 4.74 Å². The van der Waals surface area contributed by atoms with Crippen LogP contribution in [0.2, 0.25) is 0 Å². The van der Waals surface area contributed by atoms with E-state index < -0.39 is 0 Å². The van der Waals surface area contributed by atoms with Gasteiger partial charge in [-0.3, -0.25) is 9.48 Å². The van der Waals surface area contributed by atoms with Crippen LogP contribution in [-0.4, -0.2) is 28.8 Å². The fraction of sp³-hybridized carbons (Fsp3) is 0.667. The first-order chi connectivity index (χ1) is 7.79. The maximum Gasteiger partial charge on any atom is 0.180 e. The average molecular weight is 224 g/mol. The molecule has 0 aliphatic carbocycles. The molecule has 0 N–H and O–H groups in total. The van der Waals surface area contributed by atoms with Gasteiger partial charge in [-0.05, 0) is 25.8 Å². The number of carbonyl (C=O) groups excluding carboxylic acids is 1. The van der Waals surface area contributed by atoms with Crippen LogP contribution in [0.1, 0.15) is 43.6 Å². The zero-order valence-electron chi connectivity index (χ0n) is 10.1. The van der Waals surface area contributed by atoms with E-state index in [4.69, 9.17) is 4.74 Å². The number of hydrogen-bond acceptors (Lipinski definition) is 3. The van der Waals surface area contributed by atoms with Gasteiger partial charge in [-0.25, -0.2) is 0 Å². The second-order valence-corrected chi connectivity index (χ2v) is 3.66. The average Bonchev–Trinajstić information content (AvgIpc) is 2.73. The van der Waals surface area contributed by atoms with Gasteiger partial charge in [0.1, 0.15) is 5.69 Å². The summed E-state index contributed by atoms with van der Waals surface area (Å²) >= 11 is 0. The summed E-state index contributed by atoms with van der Waals surface area (Å²) in [6.07, 6.45) is 3.99. The number of Topliss-reactive ketones (excluding diaryl/α,β-unsaturated/α-hetero) is 1. The highest BCUT2D eigenvalue weighted by Gasteiger charge is 2.10. The van der Waals surface area contributed by atoms with Crippen molar-refractivity contribution < 1.29 is 9.53 Å². The third-order valence-electron chi connectivity index (χ3n) is 2.33. The molecule has 1 aromatic rings. The van der Waals surface area contributed by atoms with Crippen LogP contribution in [0.5, 0.6) is 0 Å². The van der Waals surface area contributed by atoms with E-state index in [2.05, 4.69) is 12.0 Å². The number of ether oxygens (including phenoxy) is 1. The van der Waals surface area contributed by atoms with Gasteiger partial charge in [-0.15, -0.1) is 0 Å². The molecule has 4 nitrogen and oxygen atoms in total. The van der Waals surface area contributed by atoms with Crippen molar-refractivity contribution in [2.75, 3.05) is 13.2 Å². The molecule has 0 aliphatic rings. The molecular weight excluding hydrogens is 204 g/mol. The third kappa shape index (κ3) is 3.77. The molecule has 1 rings (SSSR count). The van der Waals surface area contributed by atoms with Crippen molar-refractivity contribution in [3.05, 3.63) is 18.0 Å². The van der Waals surface area contributed by atoms with Gasteiger partial charge in [-0.2, -0.15) is 5.10 Å². The third-order valence-corrected chi connectivity index (χ3v) is 2.33. The lowest BCUT2D eigenvalue weighted by Gasteiger charge is -2.05. The van der Waals surface area contributed by atoms with E-state index in [1.54, 1.807) is 16.9 Å². The number of carbonyl (C=O) groups is 1. The Bertz CT molecular complexity index is 321. The minimum Gasteiger partial charge on any atom is -0.382 e. The van der Waals surface area contributed by atoms with Crippen LogP contribution in [0.15, 0.2) is 12.3 Å². The molecule has 0 unspecified atom stereocenters. The molecule has 0 saturated heterocycles. The highest BCUT2D eigenvalue weighted by Crippen LogP contribution is 2.06. The molecule has 0 radical (unpaired) electrons. The normalized spacial score (nSPS) is 10.6. The first-order valence-corrected chi connectivity index (χ1v) is 5.92. The zero-order chi connectivity index (χ0) is 11.8. The molecule has 0 spiro atoms. The quantitative estimate of drug-likeness (QED) is 0.502. The van der Waals surface area contributed by atoms with Crippen LogP contribution >= 0.6 is 0 Å². The predicted molar refractivity (Wildman–Crippen MR) is 62.6 cm³/mol. The standard InChI is InChI=1S/C12H20N2O2/c1-3-9-14-11(7-8-13-14)12(15)6-5-10-16-4-2/h7-8H,3-6,9-10H2,1-2H3. The van der Waals surface area contributed by atoms with Crippen LogP contribution in [-0.2, 0) is 11.3 Å². The Morgan fingerprint density at radius 2 is 2.31 bits per heavy atom. The lowest BCUT2D eigenvalue weighted by atomic mass is 10.2. The van der Waals surface area contributed by atoms with E-state index >= 15 is 0 Å². The number of nitrogens with zero attached hydrogens (tertiary/aromatic N) is 2. The molecule has 0 aromatic carbocycles. The smallest absolute Gasteiger partial charge is 0.180 e. The predicted octanol–water partition coefficient (Wildman–Crippen LogP) is 2.29. The fourth-order valence-corrected chi connectivity index (χ4v) is 1.57. The van der Waals surface area contributed by atoms with Crippen LogP contribution in [0.4, 0.5) is 0 Å². The topological polar surface area (TPSA) is 44.1 Å². The van der Waals surface area contributed by atoms with E-state index in [1.807, 2.05) is 6.92 Å². The lowest BCUT2D eigenvalue weighted by molar-refractivity contribution is 0.0936. The van der Waals surface area contributed by atoms with Crippen molar-refractivity contribution in [1.29, 1.82) is 0 Å². The van der Waals surface area contributed by atoms with E-state index in [0.29, 0.717) is 19.6 Å². The minimum atomic E-state index is 0.158. The molecule has 16 heavy (non-hydrogen) atoms. The summed E-state index contributed by atoms with van der Waals surface area (Å²) in [6.45, 7) is 6.20. The molecule has 0 amide bonds. The number of hydrogen-bond donors (Lipinski definition) is 0. The molecule has 0 atom stereocenters. The van der Waals surface area contributed by atoms with Gasteiger partial charge in [0.05, 0.1) is 0 Å². The Labute approximate surface area is 96.6 Å². The minimum absolute atomic E-state index is 0.158. The number of aromatic nitrogens is 2. The summed E-state index contributed by atoms with van der Waals surface area (Å²) in [5.41, 5.74) is 0.721. The summed E-state index contributed by atoms with van der Waals surface area (Å²) in [5.74, 6) is 0.158. The Balaban J connectivity index is 2.42. The van der Waals surface area contributed by atoms with E-state index in [1.165, 1.54) is 0 Å². The largest absolute Gasteiger partial charge is 0.382 e. The molecule has 4 heteroatoms. The first-order valence-electron chi connectivity index (χ1n) is 5.92. The first kappa shape index (κ1) is 12.9. The molecule has 0 saturated carbocycles. The number of ketones is 1. The molecule has 0 bridgehead atoms. The maximum absolute atomic E-state index is 11.8. The highest BCUT2D eigenvalue weighted by molar-refractivity contribution is 5.94. The summed E-state index contributed by atoms with van der Waals surface area (Å²) in [6, 6.07) is 1.79. The van der Waals surface area contributed by atoms with Crippen molar-refractivity contribution in [2.24, 2.45) is 0 Å². The fourth-order valence-electron chi connectivity index (χ4n) is 1.57. The summed E-state index contributed by atoms with van der Waals surface area (Å²) in [7, 11) is 0. The van der Waals surface area contributed by atoms with Gasteiger partial charge in [0.15, 0.2) is 5.78 Å². The van der Waals surface area contributed by atoms with E-state index in [0.717, 1.165) is 25.1 Å². The van der Waals surface area contributed by atoms with Crippen molar-refractivity contribution in [1.82, 2.24) is 9.78 Å². The molecular formula is C12H20N2O2. The zero-order valence-corrected chi connectivity index (χ0v) is 10.1. The van der Waals surface area contributed by atoms with E-state index in [9.17, 15) is 4.79 Å².